The minimum absolute atomic E-state index is 0.00532. The summed E-state index contributed by atoms with van der Waals surface area (Å²) in [6.07, 6.45) is -0.749. The lowest BCUT2D eigenvalue weighted by Gasteiger charge is -2.32. The Kier molecular flexibility index (Phi) is 6.43. The van der Waals surface area contributed by atoms with Crippen LogP contribution in [0.4, 0.5) is 22.4 Å². The standard InChI is InChI=1S/C19H20F4N2O2/c1-3-25(18(26)27-10-12-7-5-4-6-8-12)11-19(2,24)15-13(20)9-14(21)16(22)17(15)23/h4-9H,3,10-11,24H2,1-2H3. The number of hydrogen-bond donors (Lipinski definition) is 1. The predicted molar refractivity (Wildman–Crippen MR) is 91.7 cm³/mol. The van der Waals surface area contributed by atoms with Gasteiger partial charge in [-0.2, -0.15) is 0 Å². The number of ether oxygens (including phenoxy) is 1. The highest BCUT2D eigenvalue weighted by Gasteiger charge is 2.35. The normalized spacial score (nSPS) is 13.1. The summed E-state index contributed by atoms with van der Waals surface area (Å²) in [6, 6.07) is 9.14. The highest BCUT2D eigenvalue weighted by Crippen LogP contribution is 2.28. The maximum atomic E-state index is 14.1. The molecule has 0 fully saturated rings. The van der Waals surface area contributed by atoms with Crippen LogP contribution in [0.25, 0.3) is 0 Å². The van der Waals surface area contributed by atoms with Gasteiger partial charge in [0.1, 0.15) is 12.4 Å². The van der Waals surface area contributed by atoms with Crippen LogP contribution in [0, 0.1) is 23.3 Å². The van der Waals surface area contributed by atoms with Gasteiger partial charge >= 0.3 is 6.09 Å². The number of benzene rings is 2. The second-order valence-corrected chi connectivity index (χ2v) is 6.32. The van der Waals surface area contributed by atoms with Crippen molar-refractivity contribution in [3.8, 4) is 0 Å². The molecule has 0 aliphatic rings. The molecule has 2 rings (SSSR count). The van der Waals surface area contributed by atoms with Crippen molar-refractivity contribution in [3.63, 3.8) is 0 Å². The van der Waals surface area contributed by atoms with Crippen LogP contribution in [0.5, 0.6) is 0 Å². The Morgan fingerprint density at radius 3 is 2.33 bits per heavy atom. The summed E-state index contributed by atoms with van der Waals surface area (Å²) in [4.78, 5) is 13.4. The van der Waals surface area contributed by atoms with E-state index >= 15 is 0 Å². The van der Waals surface area contributed by atoms with Crippen molar-refractivity contribution in [2.75, 3.05) is 13.1 Å². The first kappa shape index (κ1) is 20.7. The molecule has 0 aromatic heterocycles. The first-order valence-corrected chi connectivity index (χ1v) is 8.25. The minimum Gasteiger partial charge on any atom is -0.445 e. The van der Waals surface area contributed by atoms with E-state index in [0.717, 1.165) is 10.5 Å². The molecule has 0 spiro atoms. The van der Waals surface area contributed by atoms with E-state index in [-0.39, 0.29) is 25.8 Å². The number of halogens is 4. The minimum atomic E-state index is -1.82. The first-order valence-electron chi connectivity index (χ1n) is 8.25. The second-order valence-electron chi connectivity index (χ2n) is 6.32. The van der Waals surface area contributed by atoms with Crippen molar-refractivity contribution < 1.29 is 27.1 Å². The first-order chi connectivity index (χ1) is 12.7. The smallest absolute Gasteiger partial charge is 0.410 e. The third-order valence-corrected chi connectivity index (χ3v) is 4.05. The number of nitrogens with zero attached hydrogens (tertiary/aromatic N) is 1. The van der Waals surface area contributed by atoms with E-state index in [2.05, 4.69) is 0 Å². The van der Waals surface area contributed by atoms with Crippen LogP contribution in [0.3, 0.4) is 0 Å². The lowest BCUT2D eigenvalue weighted by molar-refractivity contribution is 0.0894. The average molecular weight is 384 g/mol. The molecule has 1 unspecified atom stereocenters. The van der Waals surface area contributed by atoms with Crippen LogP contribution in [0.1, 0.15) is 25.0 Å². The molecule has 2 aromatic carbocycles. The molecule has 1 atom stereocenters. The summed E-state index contributed by atoms with van der Waals surface area (Å²) in [5.41, 5.74) is 4.07. The molecule has 146 valence electrons. The molecular weight excluding hydrogens is 364 g/mol. The van der Waals surface area contributed by atoms with Crippen molar-refractivity contribution in [1.82, 2.24) is 4.90 Å². The number of nitrogens with two attached hydrogens (primary N) is 1. The lowest BCUT2D eigenvalue weighted by atomic mass is 9.91. The Labute approximate surface area is 154 Å². The van der Waals surface area contributed by atoms with Gasteiger partial charge in [-0.15, -0.1) is 0 Å². The van der Waals surface area contributed by atoms with Crippen molar-refractivity contribution in [2.24, 2.45) is 5.73 Å². The van der Waals surface area contributed by atoms with Crippen molar-refractivity contribution >= 4 is 6.09 Å². The molecule has 0 aliphatic heterocycles. The van der Waals surface area contributed by atoms with Gasteiger partial charge in [0.05, 0.1) is 5.54 Å². The van der Waals surface area contributed by atoms with Gasteiger partial charge in [0.25, 0.3) is 0 Å². The van der Waals surface area contributed by atoms with Crippen LogP contribution in [0.2, 0.25) is 0 Å². The van der Waals surface area contributed by atoms with E-state index in [0.29, 0.717) is 0 Å². The molecule has 27 heavy (non-hydrogen) atoms. The second kappa shape index (κ2) is 8.39. The van der Waals surface area contributed by atoms with Gasteiger partial charge in [-0.1, -0.05) is 30.3 Å². The van der Waals surface area contributed by atoms with E-state index in [1.165, 1.54) is 6.92 Å². The van der Waals surface area contributed by atoms with Gasteiger partial charge < -0.3 is 15.4 Å². The molecule has 2 aromatic rings. The summed E-state index contributed by atoms with van der Waals surface area (Å²) in [7, 11) is 0. The molecule has 0 saturated heterocycles. The number of amides is 1. The van der Waals surface area contributed by atoms with Gasteiger partial charge in [-0.3, -0.25) is 0 Å². The zero-order chi connectivity index (χ0) is 20.2. The largest absolute Gasteiger partial charge is 0.445 e. The summed E-state index contributed by atoms with van der Waals surface area (Å²) >= 11 is 0. The fourth-order valence-corrected chi connectivity index (χ4v) is 2.68. The topological polar surface area (TPSA) is 55.6 Å². The van der Waals surface area contributed by atoms with Crippen molar-refractivity contribution in [3.05, 3.63) is 70.8 Å². The number of carbonyl (C=O) groups is 1. The molecule has 2 N–H and O–H groups in total. The summed E-state index contributed by atoms with van der Waals surface area (Å²) < 4.78 is 60.0. The Balaban J connectivity index is 2.17. The molecule has 1 amide bonds. The third-order valence-electron chi connectivity index (χ3n) is 4.05. The van der Waals surface area contributed by atoms with Gasteiger partial charge in [-0.25, -0.2) is 22.4 Å². The van der Waals surface area contributed by atoms with Crippen molar-refractivity contribution in [2.45, 2.75) is 26.0 Å². The number of hydrogen-bond acceptors (Lipinski definition) is 3. The van der Waals surface area contributed by atoms with E-state index in [1.54, 1.807) is 31.2 Å². The molecule has 0 heterocycles. The fraction of sp³-hybridized carbons (Fsp3) is 0.316. The SMILES string of the molecule is CCN(CC(C)(N)c1c(F)cc(F)c(F)c1F)C(=O)OCc1ccccc1. The zero-order valence-corrected chi connectivity index (χ0v) is 14.9. The highest BCUT2D eigenvalue weighted by molar-refractivity contribution is 5.67. The highest BCUT2D eigenvalue weighted by atomic mass is 19.2. The Morgan fingerprint density at radius 1 is 1.11 bits per heavy atom. The summed E-state index contributed by atoms with van der Waals surface area (Å²) in [5, 5.41) is 0. The predicted octanol–water partition coefficient (Wildman–Crippen LogP) is 4.08. The molecular formula is C19H20F4N2O2. The van der Waals surface area contributed by atoms with Gasteiger partial charge in [0, 0.05) is 24.7 Å². The molecule has 0 saturated carbocycles. The quantitative estimate of drug-likeness (QED) is 0.464. The zero-order valence-electron chi connectivity index (χ0n) is 14.9. The number of rotatable bonds is 6. The Hall–Kier alpha value is -2.61. The Bertz CT molecular complexity index is 813. The monoisotopic (exact) mass is 384 g/mol. The summed E-state index contributed by atoms with van der Waals surface area (Å²) in [6.45, 7) is 2.62. The van der Waals surface area contributed by atoms with Crippen LogP contribution in [-0.2, 0) is 16.9 Å². The number of carbonyl (C=O) groups excluding carboxylic acids is 1. The third kappa shape index (κ3) is 4.77. The average Bonchev–Trinajstić information content (AvgIpc) is 2.63. The van der Waals surface area contributed by atoms with E-state index in [1.807, 2.05) is 6.07 Å². The molecule has 4 nitrogen and oxygen atoms in total. The maximum Gasteiger partial charge on any atom is 0.410 e. The van der Waals surface area contributed by atoms with Gasteiger partial charge in [-0.05, 0) is 19.4 Å². The summed E-state index contributed by atoms with van der Waals surface area (Å²) in [5.74, 6) is -6.52. The Morgan fingerprint density at radius 2 is 1.74 bits per heavy atom. The van der Waals surface area contributed by atoms with Gasteiger partial charge in [0.2, 0.25) is 0 Å². The van der Waals surface area contributed by atoms with Crippen LogP contribution in [0.15, 0.2) is 36.4 Å². The molecule has 8 heteroatoms. The van der Waals surface area contributed by atoms with Crippen LogP contribution < -0.4 is 5.73 Å². The molecule has 0 radical (unpaired) electrons. The molecule has 0 aliphatic carbocycles. The van der Waals surface area contributed by atoms with Gasteiger partial charge in [0.15, 0.2) is 17.5 Å². The molecule has 0 bridgehead atoms. The number of likely N-dealkylation sites (N-methyl/N-ethyl adjacent to an activating group) is 1. The van der Waals surface area contributed by atoms with Crippen molar-refractivity contribution in [1.29, 1.82) is 0 Å². The van der Waals surface area contributed by atoms with Crippen LogP contribution >= 0.6 is 0 Å². The van der Waals surface area contributed by atoms with E-state index < -0.39 is 40.5 Å². The van der Waals surface area contributed by atoms with E-state index in [4.69, 9.17) is 10.5 Å². The fourth-order valence-electron chi connectivity index (χ4n) is 2.68. The lowest BCUT2D eigenvalue weighted by Crippen LogP contribution is -2.48. The maximum absolute atomic E-state index is 14.1. The van der Waals surface area contributed by atoms with Crippen LogP contribution in [-0.4, -0.2) is 24.1 Å². The van der Waals surface area contributed by atoms with E-state index in [9.17, 15) is 22.4 Å².